The van der Waals surface area contributed by atoms with Crippen molar-refractivity contribution in [1.29, 1.82) is 0 Å². The van der Waals surface area contributed by atoms with Crippen LogP contribution in [0.3, 0.4) is 0 Å². The number of ether oxygens (including phenoxy) is 2. The molecule has 2 aromatic carbocycles. The Balaban J connectivity index is 1.88. The van der Waals surface area contributed by atoms with E-state index >= 15 is 0 Å². The summed E-state index contributed by atoms with van der Waals surface area (Å²) in [5.74, 6) is -0.221. The van der Waals surface area contributed by atoms with Gasteiger partial charge in [0.1, 0.15) is 5.75 Å². The first-order valence-electron chi connectivity index (χ1n) is 8.51. The first-order valence-corrected chi connectivity index (χ1v) is 8.51. The van der Waals surface area contributed by atoms with Gasteiger partial charge in [-0.05, 0) is 43.7 Å². The molecule has 3 rings (SSSR count). The largest absolute Gasteiger partial charge is 0.497 e. The van der Waals surface area contributed by atoms with E-state index in [-0.39, 0.29) is 5.69 Å². The minimum Gasteiger partial charge on any atom is -0.497 e. The Hall–Kier alpha value is -3.68. The van der Waals surface area contributed by atoms with E-state index in [1.807, 2.05) is 25.1 Å². The summed E-state index contributed by atoms with van der Waals surface area (Å²) in [6, 6.07) is 12.2. The van der Waals surface area contributed by atoms with Gasteiger partial charge in [-0.3, -0.25) is 4.79 Å². The lowest BCUT2D eigenvalue weighted by Crippen LogP contribution is -2.15. The predicted octanol–water partition coefficient (Wildman–Crippen LogP) is 2.93. The van der Waals surface area contributed by atoms with Crippen molar-refractivity contribution < 1.29 is 19.1 Å². The lowest BCUT2D eigenvalue weighted by Gasteiger charge is -2.10. The van der Waals surface area contributed by atoms with Gasteiger partial charge in [0.2, 0.25) is 0 Å². The van der Waals surface area contributed by atoms with Crippen molar-refractivity contribution in [3.05, 3.63) is 65.0 Å². The van der Waals surface area contributed by atoms with E-state index in [2.05, 4.69) is 15.6 Å². The quantitative estimate of drug-likeness (QED) is 0.684. The first kappa shape index (κ1) is 19.1. The van der Waals surface area contributed by atoms with E-state index in [0.29, 0.717) is 22.7 Å². The second kappa shape index (κ2) is 7.91. The van der Waals surface area contributed by atoms with Gasteiger partial charge in [-0.25, -0.2) is 9.48 Å². The fourth-order valence-electron chi connectivity index (χ4n) is 2.71. The number of anilines is 1. The fourth-order valence-corrected chi connectivity index (χ4v) is 2.71. The molecule has 144 valence electrons. The van der Waals surface area contributed by atoms with Crippen LogP contribution in [0.1, 0.15) is 32.1 Å². The number of rotatable bonds is 5. The minimum atomic E-state index is -0.476. The molecule has 0 atom stereocenters. The van der Waals surface area contributed by atoms with Gasteiger partial charge in [-0.1, -0.05) is 17.3 Å². The highest BCUT2D eigenvalue weighted by atomic mass is 16.5. The molecule has 0 bridgehead atoms. The topological polar surface area (TPSA) is 95.3 Å². The number of carbonyl (C=O) groups excluding carboxylic acids is 2. The van der Waals surface area contributed by atoms with E-state index in [9.17, 15) is 9.59 Å². The Kier molecular flexibility index (Phi) is 5.39. The highest BCUT2D eigenvalue weighted by Gasteiger charge is 2.19. The van der Waals surface area contributed by atoms with Crippen LogP contribution < -0.4 is 10.1 Å². The number of hydrogen-bond acceptors (Lipinski definition) is 6. The summed E-state index contributed by atoms with van der Waals surface area (Å²) in [7, 11) is 2.89. The molecule has 1 N–H and O–H groups in total. The summed E-state index contributed by atoms with van der Waals surface area (Å²) in [5.41, 5.74) is 3.15. The molecule has 28 heavy (non-hydrogen) atoms. The van der Waals surface area contributed by atoms with Crippen LogP contribution in [0.5, 0.6) is 5.75 Å². The number of aromatic nitrogens is 3. The highest BCUT2D eigenvalue weighted by molar-refractivity contribution is 6.04. The summed E-state index contributed by atoms with van der Waals surface area (Å²) in [6.07, 6.45) is 0. The molecule has 0 aliphatic carbocycles. The summed E-state index contributed by atoms with van der Waals surface area (Å²) in [5, 5.41) is 10.9. The van der Waals surface area contributed by atoms with E-state index in [0.717, 1.165) is 11.3 Å². The normalized spacial score (nSPS) is 10.4. The molecule has 0 aliphatic heterocycles. The SMILES string of the molecule is COC(=O)c1ccc(C)c(NC(=O)c2nnn(-c3cccc(OC)c3)c2C)c1. The number of aryl methyl sites for hydroxylation is 1. The Morgan fingerprint density at radius 2 is 1.86 bits per heavy atom. The molecule has 0 saturated carbocycles. The number of hydrogen-bond donors (Lipinski definition) is 1. The molecular weight excluding hydrogens is 360 g/mol. The molecule has 0 radical (unpaired) electrons. The zero-order chi connectivity index (χ0) is 20.3. The maximum atomic E-state index is 12.7. The number of methoxy groups -OCH3 is 2. The average molecular weight is 380 g/mol. The third-order valence-corrected chi connectivity index (χ3v) is 4.31. The third-order valence-electron chi connectivity index (χ3n) is 4.31. The van der Waals surface area contributed by atoms with Crippen LogP contribution in [0.2, 0.25) is 0 Å². The zero-order valence-corrected chi connectivity index (χ0v) is 16.0. The number of esters is 1. The van der Waals surface area contributed by atoms with E-state index in [1.54, 1.807) is 43.0 Å². The van der Waals surface area contributed by atoms with Crippen molar-refractivity contribution in [1.82, 2.24) is 15.0 Å². The maximum Gasteiger partial charge on any atom is 0.337 e. The Bertz CT molecular complexity index is 1040. The number of amides is 1. The highest BCUT2D eigenvalue weighted by Crippen LogP contribution is 2.21. The van der Waals surface area contributed by atoms with Crippen molar-refractivity contribution in [2.45, 2.75) is 13.8 Å². The minimum absolute atomic E-state index is 0.186. The first-order chi connectivity index (χ1) is 13.4. The molecule has 1 amide bonds. The van der Waals surface area contributed by atoms with Gasteiger partial charge in [-0.15, -0.1) is 5.10 Å². The molecular formula is C20H20N4O4. The summed E-state index contributed by atoms with van der Waals surface area (Å²) in [6.45, 7) is 3.59. The molecule has 1 heterocycles. The predicted molar refractivity (Wildman–Crippen MR) is 103 cm³/mol. The number of carbonyl (C=O) groups is 2. The number of benzene rings is 2. The van der Waals surface area contributed by atoms with Gasteiger partial charge in [0.15, 0.2) is 5.69 Å². The third kappa shape index (κ3) is 3.71. The Labute approximate surface area is 162 Å². The van der Waals surface area contributed by atoms with Crippen molar-refractivity contribution in [2.24, 2.45) is 0 Å². The van der Waals surface area contributed by atoms with E-state index in [4.69, 9.17) is 9.47 Å². The summed E-state index contributed by atoms with van der Waals surface area (Å²) in [4.78, 5) is 24.5. The van der Waals surface area contributed by atoms with Gasteiger partial charge >= 0.3 is 5.97 Å². The second-order valence-corrected chi connectivity index (χ2v) is 6.11. The fraction of sp³-hybridized carbons (Fsp3) is 0.200. The molecule has 3 aromatic rings. The monoisotopic (exact) mass is 380 g/mol. The average Bonchev–Trinajstić information content (AvgIpc) is 3.10. The lowest BCUT2D eigenvalue weighted by atomic mass is 10.1. The molecule has 0 saturated heterocycles. The number of nitrogens with zero attached hydrogens (tertiary/aromatic N) is 3. The molecule has 1 aromatic heterocycles. The summed E-state index contributed by atoms with van der Waals surface area (Å²) < 4.78 is 11.5. The van der Waals surface area contributed by atoms with Crippen molar-refractivity contribution in [3.8, 4) is 11.4 Å². The molecule has 0 fully saturated rings. The van der Waals surface area contributed by atoms with Crippen molar-refractivity contribution in [3.63, 3.8) is 0 Å². The smallest absolute Gasteiger partial charge is 0.337 e. The second-order valence-electron chi connectivity index (χ2n) is 6.11. The maximum absolute atomic E-state index is 12.7. The van der Waals surface area contributed by atoms with Gasteiger partial charge in [0.05, 0.1) is 31.2 Å². The summed E-state index contributed by atoms with van der Waals surface area (Å²) >= 11 is 0. The molecule has 8 nitrogen and oxygen atoms in total. The van der Waals surface area contributed by atoms with Crippen LogP contribution in [-0.4, -0.2) is 41.1 Å². The van der Waals surface area contributed by atoms with Gasteiger partial charge in [-0.2, -0.15) is 0 Å². The molecule has 8 heteroatoms. The van der Waals surface area contributed by atoms with Crippen LogP contribution in [0.4, 0.5) is 5.69 Å². The van der Waals surface area contributed by atoms with Gasteiger partial charge in [0, 0.05) is 11.8 Å². The standard InChI is InChI=1S/C20H20N4O4/c1-12-8-9-14(20(26)28-4)10-17(12)21-19(25)18-13(2)24(23-22-18)15-6-5-7-16(11-15)27-3/h5-11H,1-4H3,(H,21,25). The zero-order valence-electron chi connectivity index (χ0n) is 16.0. The van der Waals surface area contributed by atoms with Gasteiger partial charge < -0.3 is 14.8 Å². The molecule has 0 aliphatic rings. The van der Waals surface area contributed by atoms with Crippen molar-refractivity contribution in [2.75, 3.05) is 19.5 Å². The van der Waals surface area contributed by atoms with Crippen LogP contribution >= 0.6 is 0 Å². The lowest BCUT2D eigenvalue weighted by molar-refractivity contribution is 0.0600. The Morgan fingerprint density at radius 3 is 2.57 bits per heavy atom. The Morgan fingerprint density at radius 1 is 1.07 bits per heavy atom. The van der Waals surface area contributed by atoms with Crippen LogP contribution in [-0.2, 0) is 4.74 Å². The number of nitrogens with one attached hydrogen (secondary N) is 1. The molecule has 0 spiro atoms. The van der Waals surface area contributed by atoms with Crippen LogP contribution in [0.25, 0.3) is 5.69 Å². The van der Waals surface area contributed by atoms with E-state index < -0.39 is 11.9 Å². The van der Waals surface area contributed by atoms with Crippen LogP contribution in [0.15, 0.2) is 42.5 Å². The molecule has 0 unspecified atom stereocenters. The van der Waals surface area contributed by atoms with Crippen molar-refractivity contribution >= 4 is 17.6 Å². The van der Waals surface area contributed by atoms with Crippen LogP contribution in [0, 0.1) is 13.8 Å². The van der Waals surface area contributed by atoms with Gasteiger partial charge in [0.25, 0.3) is 5.91 Å². The van der Waals surface area contributed by atoms with E-state index in [1.165, 1.54) is 7.11 Å².